The molecular weight excluding hydrogens is 114 g/mol. The smallest absolute Gasteiger partial charge is 0.0790 e. The normalized spacial score (nSPS) is 15.7. The summed E-state index contributed by atoms with van der Waals surface area (Å²) < 4.78 is 0. The molecule has 0 rings (SSSR count). The quantitative estimate of drug-likeness (QED) is 0.597. The van der Waals surface area contributed by atoms with Crippen LogP contribution in [-0.2, 0) is 0 Å². The van der Waals surface area contributed by atoms with Crippen molar-refractivity contribution in [2.75, 3.05) is 0 Å². The Labute approximate surface area is 57.1 Å². The fraction of sp³-hybridized carbons (Fsp3) is 1.00. The highest BCUT2D eigenvalue weighted by atomic mass is 16.3. The summed E-state index contributed by atoms with van der Waals surface area (Å²) in [6, 6.07) is -0.118. The van der Waals surface area contributed by atoms with Crippen molar-refractivity contribution in [1.82, 2.24) is 0 Å². The highest BCUT2D eigenvalue weighted by Gasteiger charge is 2.26. The molecule has 0 saturated carbocycles. The number of hydrogen-bond donors (Lipinski definition) is 2. The molecule has 0 aromatic heterocycles. The number of nitrogens with two attached hydrogens (primary N) is 1. The van der Waals surface area contributed by atoms with Crippen molar-refractivity contribution in [3.8, 4) is 0 Å². The van der Waals surface area contributed by atoms with E-state index in [-0.39, 0.29) is 6.04 Å². The standard InChI is InChI=1S/C7H17NO/c1-4-7(9,5-2)6(3)8/h6,9H,4-5,8H2,1-3H3/t6-/m1/s1. The summed E-state index contributed by atoms with van der Waals surface area (Å²) in [6.45, 7) is 5.74. The predicted molar refractivity (Wildman–Crippen MR) is 39.2 cm³/mol. The first-order valence-corrected chi connectivity index (χ1v) is 3.54. The lowest BCUT2D eigenvalue weighted by Gasteiger charge is -2.29. The van der Waals surface area contributed by atoms with Gasteiger partial charge in [0, 0.05) is 6.04 Å². The van der Waals surface area contributed by atoms with Gasteiger partial charge in [-0.2, -0.15) is 0 Å². The van der Waals surface area contributed by atoms with E-state index in [2.05, 4.69) is 0 Å². The van der Waals surface area contributed by atoms with Crippen LogP contribution in [0.4, 0.5) is 0 Å². The summed E-state index contributed by atoms with van der Waals surface area (Å²) in [5, 5.41) is 9.58. The van der Waals surface area contributed by atoms with Gasteiger partial charge in [0.05, 0.1) is 5.60 Å². The topological polar surface area (TPSA) is 46.2 Å². The molecule has 2 nitrogen and oxygen atoms in total. The molecule has 9 heavy (non-hydrogen) atoms. The molecule has 0 heterocycles. The van der Waals surface area contributed by atoms with Gasteiger partial charge in [0.1, 0.15) is 0 Å². The molecule has 0 spiro atoms. The zero-order chi connectivity index (χ0) is 7.49. The molecule has 0 aromatic rings. The van der Waals surface area contributed by atoms with Gasteiger partial charge in [-0.1, -0.05) is 13.8 Å². The molecule has 56 valence electrons. The lowest BCUT2D eigenvalue weighted by atomic mass is 9.90. The second kappa shape index (κ2) is 3.18. The molecule has 0 fully saturated rings. The third-order valence-electron chi connectivity index (χ3n) is 2.07. The Balaban J connectivity index is 3.92. The fourth-order valence-corrected chi connectivity index (χ4v) is 0.894. The van der Waals surface area contributed by atoms with Gasteiger partial charge in [0.25, 0.3) is 0 Å². The van der Waals surface area contributed by atoms with Crippen molar-refractivity contribution < 1.29 is 5.11 Å². The zero-order valence-corrected chi connectivity index (χ0v) is 6.52. The minimum atomic E-state index is -0.639. The Morgan fingerprint density at radius 1 is 1.44 bits per heavy atom. The summed E-state index contributed by atoms with van der Waals surface area (Å²) in [6.07, 6.45) is 1.47. The largest absolute Gasteiger partial charge is 0.388 e. The first-order chi connectivity index (χ1) is 4.06. The van der Waals surface area contributed by atoms with Gasteiger partial charge in [-0.15, -0.1) is 0 Å². The molecule has 0 saturated heterocycles. The van der Waals surface area contributed by atoms with E-state index in [9.17, 15) is 5.11 Å². The molecule has 0 bridgehead atoms. The molecule has 0 radical (unpaired) electrons. The number of rotatable bonds is 3. The molecule has 0 aliphatic carbocycles. The molecule has 0 amide bonds. The van der Waals surface area contributed by atoms with Crippen molar-refractivity contribution in [2.45, 2.75) is 45.3 Å². The summed E-state index contributed by atoms with van der Waals surface area (Å²) in [4.78, 5) is 0. The maximum absolute atomic E-state index is 9.58. The van der Waals surface area contributed by atoms with Crippen LogP contribution in [0.5, 0.6) is 0 Å². The van der Waals surface area contributed by atoms with Crippen molar-refractivity contribution in [2.24, 2.45) is 5.73 Å². The van der Waals surface area contributed by atoms with Crippen LogP contribution in [0.1, 0.15) is 33.6 Å². The molecule has 0 aromatic carbocycles. The van der Waals surface area contributed by atoms with Crippen LogP contribution in [0, 0.1) is 0 Å². The monoisotopic (exact) mass is 131 g/mol. The van der Waals surface area contributed by atoms with Crippen molar-refractivity contribution in [3.05, 3.63) is 0 Å². The van der Waals surface area contributed by atoms with E-state index < -0.39 is 5.60 Å². The zero-order valence-electron chi connectivity index (χ0n) is 6.52. The number of aliphatic hydroxyl groups is 1. The first-order valence-electron chi connectivity index (χ1n) is 3.54. The van der Waals surface area contributed by atoms with Gasteiger partial charge < -0.3 is 10.8 Å². The van der Waals surface area contributed by atoms with Crippen LogP contribution in [0.25, 0.3) is 0 Å². The van der Waals surface area contributed by atoms with E-state index in [0.29, 0.717) is 0 Å². The van der Waals surface area contributed by atoms with Crippen LogP contribution in [0.3, 0.4) is 0 Å². The van der Waals surface area contributed by atoms with Crippen molar-refractivity contribution in [3.63, 3.8) is 0 Å². The van der Waals surface area contributed by atoms with Gasteiger partial charge >= 0.3 is 0 Å². The second-order valence-corrected chi connectivity index (χ2v) is 2.60. The van der Waals surface area contributed by atoms with Crippen molar-refractivity contribution >= 4 is 0 Å². The Morgan fingerprint density at radius 3 is 1.78 bits per heavy atom. The lowest BCUT2D eigenvalue weighted by Crippen LogP contribution is -2.44. The van der Waals surface area contributed by atoms with Crippen LogP contribution in [0.2, 0.25) is 0 Å². The Hall–Kier alpha value is -0.0800. The highest BCUT2D eigenvalue weighted by Crippen LogP contribution is 2.16. The van der Waals surface area contributed by atoms with Gasteiger partial charge in [0.15, 0.2) is 0 Å². The van der Waals surface area contributed by atoms with Crippen LogP contribution in [-0.4, -0.2) is 16.7 Å². The summed E-state index contributed by atoms with van der Waals surface area (Å²) >= 11 is 0. The average Bonchev–Trinajstić information content (AvgIpc) is 1.86. The molecule has 0 aliphatic rings. The Bertz CT molecular complexity index is 77.0. The average molecular weight is 131 g/mol. The van der Waals surface area contributed by atoms with E-state index in [1.54, 1.807) is 0 Å². The maximum atomic E-state index is 9.58. The van der Waals surface area contributed by atoms with E-state index in [1.807, 2.05) is 20.8 Å². The molecule has 2 heteroatoms. The van der Waals surface area contributed by atoms with Gasteiger partial charge in [-0.25, -0.2) is 0 Å². The van der Waals surface area contributed by atoms with Gasteiger partial charge in [-0.05, 0) is 19.8 Å². The van der Waals surface area contributed by atoms with Crippen LogP contribution in [0.15, 0.2) is 0 Å². The van der Waals surface area contributed by atoms with E-state index in [4.69, 9.17) is 5.73 Å². The van der Waals surface area contributed by atoms with Gasteiger partial charge in [-0.3, -0.25) is 0 Å². The molecule has 0 unspecified atom stereocenters. The molecular formula is C7H17NO. The summed E-state index contributed by atoms with van der Waals surface area (Å²) in [5.74, 6) is 0. The minimum absolute atomic E-state index is 0.118. The highest BCUT2D eigenvalue weighted by molar-refractivity contribution is 4.83. The molecule has 0 aliphatic heterocycles. The second-order valence-electron chi connectivity index (χ2n) is 2.60. The lowest BCUT2D eigenvalue weighted by molar-refractivity contribution is 0.0119. The third-order valence-corrected chi connectivity index (χ3v) is 2.07. The summed E-state index contributed by atoms with van der Waals surface area (Å²) in [7, 11) is 0. The maximum Gasteiger partial charge on any atom is 0.0790 e. The minimum Gasteiger partial charge on any atom is -0.388 e. The third kappa shape index (κ3) is 1.95. The number of hydrogen-bond acceptors (Lipinski definition) is 2. The van der Waals surface area contributed by atoms with Crippen molar-refractivity contribution in [1.29, 1.82) is 0 Å². The Kier molecular flexibility index (Phi) is 3.15. The van der Waals surface area contributed by atoms with Crippen LogP contribution >= 0.6 is 0 Å². The van der Waals surface area contributed by atoms with E-state index >= 15 is 0 Å². The predicted octanol–water partition coefficient (Wildman–Crippen LogP) is 0.885. The van der Waals surface area contributed by atoms with E-state index in [0.717, 1.165) is 12.8 Å². The SMILES string of the molecule is CCC(O)(CC)[C@@H](C)N. The summed E-state index contributed by atoms with van der Waals surface area (Å²) in [5.41, 5.74) is 4.90. The first kappa shape index (κ1) is 8.92. The van der Waals surface area contributed by atoms with Crippen LogP contribution < -0.4 is 5.73 Å². The fourth-order valence-electron chi connectivity index (χ4n) is 0.894. The Morgan fingerprint density at radius 2 is 1.78 bits per heavy atom. The molecule has 3 N–H and O–H groups in total. The molecule has 1 atom stereocenters. The van der Waals surface area contributed by atoms with Gasteiger partial charge in [0.2, 0.25) is 0 Å². The van der Waals surface area contributed by atoms with E-state index in [1.165, 1.54) is 0 Å².